The van der Waals surface area contributed by atoms with E-state index < -0.39 is 0 Å². The van der Waals surface area contributed by atoms with Crippen LogP contribution in [0.1, 0.15) is 28.4 Å². The van der Waals surface area contributed by atoms with Crippen molar-refractivity contribution in [1.82, 2.24) is 10.3 Å². The van der Waals surface area contributed by atoms with Crippen LogP contribution in [0.2, 0.25) is 0 Å². The van der Waals surface area contributed by atoms with E-state index >= 15 is 0 Å². The number of nitriles is 1. The molecule has 0 atom stereocenters. The Kier molecular flexibility index (Phi) is 6.71. The molecule has 154 valence electrons. The predicted molar refractivity (Wildman–Crippen MR) is 116 cm³/mol. The molecule has 0 fully saturated rings. The van der Waals surface area contributed by atoms with Gasteiger partial charge in [0.2, 0.25) is 0 Å². The second-order valence-electron chi connectivity index (χ2n) is 6.63. The molecule has 0 spiro atoms. The first-order valence-corrected chi connectivity index (χ1v) is 9.67. The number of benzene rings is 2. The van der Waals surface area contributed by atoms with Crippen LogP contribution in [0.25, 0.3) is 10.9 Å². The van der Waals surface area contributed by atoms with Crippen molar-refractivity contribution in [2.75, 3.05) is 32.6 Å². The van der Waals surface area contributed by atoms with E-state index in [4.69, 9.17) is 9.47 Å². The molecule has 2 N–H and O–H groups in total. The third kappa shape index (κ3) is 4.61. The molecule has 1 amide bonds. The smallest absolute Gasteiger partial charge is 0.251 e. The van der Waals surface area contributed by atoms with Crippen LogP contribution >= 0.6 is 0 Å². The average molecular weight is 404 g/mol. The van der Waals surface area contributed by atoms with Gasteiger partial charge in [0.25, 0.3) is 5.91 Å². The van der Waals surface area contributed by atoms with Gasteiger partial charge < -0.3 is 20.1 Å². The van der Waals surface area contributed by atoms with Gasteiger partial charge in [-0.3, -0.25) is 4.79 Å². The molecule has 0 aliphatic heterocycles. The third-order valence-electron chi connectivity index (χ3n) is 4.76. The highest BCUT2D eigenvalue weighted by molar-refractivity contribution is 5.94. The highest BCUT2D eigenvalue weighted by Crippen LogP contribution is 2.27. The molecule has 7 heteroatoms. The predicted octanol–water partition coefficient (Wildman–Crippen LogP) is 3.53. The van der Waals surface area contributed by atoms with Crippen LogP contribution in [-0.4, -0.2) is 38.2 Å². The van der Waals surface area contributed by atoms with Crippen LogP contribution in [0.5, 0.6) is 11.5 Å². The lowest BCUT2D eigenvalue weighted by Crippen LogP contribution is -2.29. The van der Waals surface area contributed by atoms with E-state index in [1.54, 1.807) is 25.3 Å². The molecule has 0 saturated heterocycles. The van der Waals surface area contributed by atoms with Crippen LogP contribution in [0.4, 0.5) is 5.82 Å². The minimum absolute atomic E-state index is 0.225. The van der Waals surface area contributed by atoms with Gasteiger partial charge in [-0.15, -0.1) is 0 Å². The summed E-state index contributed by atoms with van der Waals surface area (Å²) in [6.45, 7) is 2.89. The Bertz CT molecular complexity index is 1110. The number of nitrogens with zero attached hydrogens (tertiary/aromatic N) is 2. The lowest BCUT2D eigenvalue weighted by Gasteiger charge is -2.11. The molecular weight excluding hydrogens is 380 g/mol. The maximum absolute atomic E-state index is 12.4. The van der Waals surface area contributed by atoms with Crippen molar-refractivity contribution in [2.24, 2.45) is 0 Å². The second-order valence-corrected chi connectivity index (χ2v) is 6.63. The SMILES string of the molecule is CCc1ccc2nc(NCCNC(=O)c3ccc(OC)c(OC)c3)c(C#N)cc2c1. The summed E-state index contributed by atoms with van der Waals surface area (Å²) in [6.07, 6.45) is 0.928. The van der Waals surface area contributed by atoms with Gasteiger partial charge in [0.15, 0.2) is 11.5 Å². The van der Waals surface area contributed by atoms with Crippen molar-refractivity contribution in [3.63, 3.8) is 0 Å². The molecule has 7 nitrogen and oxygen atoms in total. The standard InChI is InChI=1S/C23H24N4O3/c1-4-15-5-7-19-17(11-15)12-18(14-24)22(27-19)25-9-10-26-23(28)16-6-8-20(29-2)21(13-16)30-3/h5-8,11-13H,4,9-10H2,1-3H3,(H,25,27)(H,26,28). The van der Waals surface area contributed by atoms with Gasteiger partial charge in [-0.2, -0.15) is 5.26 Å². The average Bonchev–Trinajstić information content (AvgIpc) is 2.80. The minimum atomic E-state index is -0.225. The number of nitrogens with one attached hydrogen (secondary N) is 2. The second kappa shape index (κ2) is 9.61. The minimum Gasteiger partial charge on any atom is -0.493 e. The summed E-state index contributed by atoms with van der Waals surface area (Å²) >= 11 is 0. The zero-order valence-corrected chi connectivity index (χ0v) is 17.3. The van der Waals surface area contributed by atoms with Gasteiger partial charge in [0, 0.05) is 24.0 Å². The van der Waals surface area contributed by atoms with E-state index in [-0.39, 0.29) is 5.91 Å². The summed E-state index contributed by atoms with van der Waals surface area (Å²) in [4.78, 5) is 16.9. The fraction of sp³-hybridized carbons (Fsp3) is 0.261. The normalized spacial score (nSPS) is 10.3. The highest BCUT2D eigenvalue weighted by atomic mass is 16.5. The first-order chi connectivity index (χ1) is 14.6. The van der Waals surface area contributed by atoms with E-state index in [9.17, 15) is 10.1 Å². The number of aromatic nitrogens is 1. The van der Waals surface area contributed by atoms with Crippen LogP contribution in [-0.2, 0) is 6.42 Å². The van der Waals surface area contributed by atoms with Gasteiger partial charge in [-0.05, 0) is 48.4 Å². The highest BCUT2D eigenvalue weighted by Gasteiger charge is 2.11. The molecule has 1 heterocycles. The fourth-order valence-electron chi connectivity index (χ4n) is 3.10. The number of carbonyl (C=O) groups is 1. The van der Waals surface area contributed by atoms with E-state index in [0.717, 1.165) is 17.3 Å². The first-order valence-electron chi connectivity index (χ1n) is 9.67. The van der Waals surface area contributed by atoms with Gasteiger partial charge in [0.05, 0.1) is 25.3 Å². The summed E-state index contributed by atoms with van der Waals surface area (Å²) in [5.41, 5.74) is 2.97. The molecule has 0 aliphatic rings. The Morgan fingerprint density at radius 1 is 1.07 bits per heavy atom. The summed E-state index contributed by atoms with van der Waals surface area (Å²) < 4.78 is 10.4. The van der Waals surface area contributed by atoms with Gasteiger partial charge in [0.1, 0.15) is 11.9 Å². The van der Waals surface area contributed by atoms with Crippen LogP contribution in [0, 0.1) is 11.3 Å². The zero-order valence-electron chi connectivity index (χ0n) is 17.3. The maximum atomic E-state index is 12.4. The Balaban J connectivity index is 1.63. The quantitative estimate of drug-likeness (QED) is 0.558. The van der Waals surface area contributed by atoms with Crippen LogP contribution in [0.3, 0.4) is 0 Å². The molecule has 0 saturated carbocycles. The number of fused-ring (bicyclic) bond motifs is 1. The topological polar surface area (TPSA) is 96.3 Å². The number of amides is 1. The Labute approximate surface area is 175 Å². The van der Waals surface area contributed by atoms with Crippen molar-refractivity contribution in [3.8, 4) is 17.6 Å². The summed E-state index contributed by atoms with van der Waals surface area (Å²) in [5.74, 6) is 1.34. The molecule has 2 aromatic carbocycles. The molecule has 0 radical (unpaired) electrons. The van der Waals surface area contributed by atoms with Crippen molar-refractivity contribution < 1.29 is 14.3 Å². The number of aryl methyl sites for hydroxylation is 1. The molecule has 1 aromatic heterocycles. The molecule has 3 rings (SSSR count). The van der Waals surface area contributed by atoms with Crippen molar-refractivity contribution >= 4 is 22.6 Å². The molecule has 0 unspecified atom stereocenters. The van der Waals surface area contributed by atoms with E-state index in [1.807, 2.05) is 18.2 Å². The lowest BCUT2D eigenvalue weighted by atomic mass is 10.1. The van der Waals surface area contributed by atoms with E-state index in [2.05, 4.69) is 34.7 Å². The number of carbonyl (C=O) groups excluding carboxylic acids is 1. The lowest BCUT2D eigenvalue weighted by molar-refractivity contribution is 0.0954. The molecule has 0 aliphatic carbocycles. The van der Waals surface area contributed by atoms with Crippen molar-refractivity contribution in [3.05, 3.63) is 59.2 Å². The van der Waals surface area contributed by atoms with Crippen LogP contribution in [0.15, 0.2) is 42.5 Å². The van der Waals surface area contributed by atoms with E-state index in [0.29, 0.717) is 41.5 Å². The number of hydrogen-bond donors (Lipinski definition) is 2. The summed E-state index contributed by atoms with van der Waals surface area (Å²) in [5, 5.41) is 16.4. The monoisotopic (exact) mass is 404 g/mol. The maximum Gasteiger partial charge on any atom is 0.251 e. The molecule has 0 bridgehead atoms. The number of hydrogen-bond acceptors (Lipinski definition) is 6. The van der Waals surface area contributed by atoms with Crippen molar-refractivity contribution in [1.29, 1.82) is 5.26 Å². The van der Waals surface area contributed by atoms with Gasteiger partial charge >= 0.3 is 0 Å². The fourth-order valence-corrected chi connectivity index (χ4v) is 3.10. The third-order valence-corrected chi connectivity index (χ3v) is 4.76. The molecule has 30 heavy (non-hydrogen) atoms. The number of rotatable bonds is 8. The van der Waals surface area contributed by atoms with Crippen LogP contribution < -0.4 is 20.1 Å². The Hall–Kier alpha value is -3.79. The Morgan fingerprint density at radius 3 is 2.57 bits per heavy atom. The van der Waals surface area contributed by atoms with Gasteiger partial charge in [-0.25, -0.2) is 4.98 Å². The summed E-state index contributed by atoms with van der Waals surface area (Å²) in [6, 6.07) is 15.1. The Morgan fingerprint density at radius 2 is 1.87 bits per heavy atom. The largest absolute Gasteiger partial charge is 0.493 e. The van der Waals surface area contributed by atoms with E-state index in [1.165, 1.54) is 12.7 Å². The number of ether oxygens (including phenoxy) is 2. The summed E-state index contributed by atoms with van der Waals surface area (Å²) in [7, 11) is 3.07. The first kappa shape index (κ1) is 20.9. The molecule has 3 aromatic rings. The number of methoxy groups -OCH3 is 2. The number of pyridine rings is 1. The molecular formula is C23H24N4O3. The van der Waals surface area contributed by atoms with Crippen molar-refractivity contribution in [2.45, 2.75) is 13.3 Å². The zero-order chi connectivity index (χ0) is 21.5. The number of anilines is 1. The van der Waals surface area contributed by atoms with Gasteiger partial charge in [-0.1, -0.05) is 13.0 Å².